The number of hydrogen-bond donors (Lipinski definition) is 1. The number of aryl methyl sites for hydroxylation is 1. The lowest BCUT2D eigenvalue weighted by Gasteiger charge is -2.40. The normalized spacial score (nSPS) is 21.7. The molecule has 0 spiro atoms. The molecule has 1 heterocycles. The van der Waals surface area contributed by atoms with E-state index in [4.69, 9.17) is 10.5 Å². The van der Waals surface area contributed by atoms with E-state index in [-0.39, 0.29) is 5.41 Å². The SMILES string of the molecule is CC1(COC(N)=O)CCC(N(C=O)C2CC2)CC1.Cc1ccc(C(C)C(F)(F)F)cc1.c1ccncc1. The van der Waals surface area contributed by atoms with Gasteiger partial charge in [-0.2, -0.15) is 13.2 Å². The summed E-state index contributed by atoms with van der Waals surface area (Å²) >= 11 is 0. The number of aromatic nitrogens is 1. The lowest BCUT2D eigenvalue weighted by molar-refractivity contribution is -0.146. The molecule has 1 atom stereocenters. The molecule has 37 heavy (non-hydrogen) atoms. The molecule has 1 unspecified atom stereocenters. The molecule has 0 saturated heterocycles. The second-order valence-electron chi connectivity index (χ2n) is 10.1. The molecule has 0 radical (unpaired) electrons. The number of amides is 2. The highest BCUT2D eigenvalue weighted by atomic mass is 19.4. The first-order valence-corrected chi connectivity index (χ1v) is 12.6. The minimum atomic E-state index is -4.14. The molecule has 9 heteroatoms. The van der Waals surface area contributed by atoms with Crippen LogP contribution in [0.15, 0.2) is 54.9 Å². The summed E-state index contributed by atoms with van der Waals surface area (Å²) in [6.45, 7) is 5.53. The number of hydrogen-bond acceptors (Lipinski definition) is 4. The summed E-state index contributed by atoms with van der Waals surface area (Å²) in [6.07, 6.45) is 5.89. The van der Waals surface area contributed by atoms with Crippen LogP contribution >= 0.6 is 0 Å². The Hall–Kier alpha value is -3.10. The highest BCUT2D eigenvalue weighted by Crippen LogP contribution is 2.40. The Bertz CT molecular complexity index is 916. The number of alkyl halides is 3. The zero-order valence-electron chi connectivity index (χ0n) is 21.8. The Morgan fingerprint density at radius 3 is 2.03 bits per heavy atom. The van der Waals surface area contributed by atoms with Crippen LogP contribution < -0.4 is 5.73 Å². The standard InChI is InChI=1S/C13H22N2O3.C10H11F3.C5H5N/c1-13(8-18-12(14)17)6-4-11(5-7-13)15(9-16)10-2-3-10;1-7-3-5-9(6-4-7)8(2)10(11,12)13;1-2-4-6-5-3-1/h9-11H,2-8H2,1H3,(H2,14,17);3-6,8H,1-2H3;1-5H. The van der Waals surface area contributed by atoms with Crippen molar-refractivity contribution in [2.75, 3.05) is 6.61 Å². The highest BCUT2D eigenvalue weighted by molar-refractivity contribution is 5.64. The van der Waals surface area contributed by atoms with Crippen molar-refractivity contribution in [3.8, 4) is 0 Å². The Morgan fingerprint density at radius 1 is 1.11 bits per heavy atom. The second-order valence-corrected chi connectivity index (χ2v) is 10.1. The van der Waals surface area contributed by atoms with Crippen LogP contribution in [0.25, 0.3) is 0 Å². The van der Waals surface area contributed by atoms with E-state index < -0.39 is 18.2 Å². The average molecular weight is 522 g/mol. The highest BCUT2D eigenvalue weighted by Gasteiger charge is 2.39. The maximum absolute atomic E-state index is 12.2. The number of pyridine rings is 1. The first-order chi connectivity index (χ1) is 17.4. The minimum Gasteiger partial charge on any atom is -0.449 e. The quantitative estimate of drug-likeness (QED) is 0.446. The third kappa shape index (κ3) is 10.8. The summed E-state index contributed by atoms with van der Waals surface area (Å²) in [7, 11) is 0. The Balaban J connectivity index is 0.000000220. The number of nitrogens with zero attached hydrogens (tertiary/aromatic N) is 2. The van der Waals surface area contributed by atoms with Crippen molar-refractivity contribution in [1.82, 2.24) is 9.88 Å². The molecule has 0 aliphatic heterocycles. The summed E-state index contributed by atoms with van der Waals surface area (Å²) in [5, 5.41) is 0. The van der Waals surface area contributed by atoms with E-state index in [1.807, 2.05) is 30.0 Å². The van der Waals surface area contributed by atoms with Crippen LogP contribution in [0, 0.1) is 12.3 Å². The Labute approximate surface area is 217 Å². The van der Waals surface area contributed by atoms with Gasteiger partial charge in [0.25, 0.3) is 0 Å². The van der Waals surface area contributed by atoms with Crippen LogP contribution in [0.2, 0.25) is 0 Å². The fourth-order valence-electron chi connectivity index (χ4n) is 4.19. The summed E-state index contributed by atoms with van der Waals surface area (Å²) in [5.74, 6) is -1.38. The smallest absolute Gasteiger partial charge is 0.404 e. The molecule has 6 nitrogen and oxygen atoms in total. The molecule has 2 N–H and O–H groups in total. The number of rotatable bonds is 6. The van der Waals surface area contributed by atoms with Gasteiger partial charge in [0.2, 0.25) is 6.41 Å². The molecule has 2 amide bonds. The number of benzene rings is 1. The molecule has 4 rings (SSSR count). The predicted molar refractivity (Wildman–Crippen MR) is 137 cm³/mol. The molecule has 1 aromatic carbocycles. The molecule has 204 valence electrons. The minimum absolute atomic E-state index is 0.0175. The molecule has 1 aromatic heterocycles. The van der Waals surface area contributed by atoms with Crippen molar-refractivity contribution >= 4 is 12.5 Å². The third-order valence-corrected chi connectivity index (χ3v) is 6.87. The summed E-state index contributed by atoms with van der Waals surface area (Å²) in [5.41, 5.74) is 6.30. The first kappa shape index (κ1) is 30.1. The number of carbonyl (C=O) groups excluding carboxylic acids is 2. The number of carbonyl (C=O) groups is 2. The van der Waals surface area contributed by atoms with Crippen molar-refractivity contribution in [2.45, 2.75) is 83.5 Å². The van der Waals surface area contributed by atoms with Gasteiger partial charge in [-0.3, -0.25) is 9.78 Å². The number of ether oxygens (including phenoxy) is 1. The molecule has 2 saturated carbocycles. The van der Waals surface area contributed by atoms with E-state index >= 15 is 0 Å². The molecule has 2 aromatic rings. The summed E-state index contributed by atoms with van der Waals surface area (Å²) in [4.78, 5) is 27.5. The van der Waals surface area contributed by atoms with Crippen LogP contribution in [0.1, 0.15) is 69.4 Å². The van der Waals surface area contributed by atoms with Gasteiger partial charge in [-0.1, -0.05) is 42.8 Å². The maximum Gasteiger partial charge on any atom is 0.404 e. The van der Waals surface area contributed by atoms with Gasteiger partial charge in [-0.15, -0.1) is 0 Å². The van der Waals surface area contributed by atoms with E-state index in [9.17, 15) is 22.8 Å². The fourth-order valence-corrected chi connectivity index (χ4v) is 4.19. The molecular formula is C28H38F3N3O3. The van der Waals surface area contributed by atoms with Crippen molar-refractivity contribution in [3.63, 3.8) is 0 Å². The lowest BCUT2D eigenvalue weighted by Crippen LogP contribution is -2.42. The maximum atomic E-state index is 12.2. The molecule has 2 aliphatic rings. The van der Waals surface area contributed by atoms with Crippen molar-refractivity contribution in [2.24, 2.45) is 11.1 Å². The molecule has 0 bridgehead atoms. The summed E-state index contributed by atoms with van der Waals surface area (Å²) in [6, 6.07) is 13.0. The third-order valence-electron chi connectivity index (χ3n) is 6.87. The molecule has 2 fully saturated rings. The summed E-state index contributed by atoms with van der Waals surface area (Å²) < 4.78 is 41.6. The van der Waals surface area contributed by atoms with Crippen molar-refractivity contribution in [3.05, 3.63) is 66.0 Å². The largest absolute Gasteiger partial charge is 0.449 e. The van der Waals surface area contributed by atoms with Crippen LogP contribution in [0.3, 0.4) is 0 Å². The molecule has 2 aliphatic carbocycles. The van der Waals surface area contributed by atoms with Gasteiger partial charge in [0, 0.05) is 29.9 Å². The van der Waals surface area contributed by atoms with Gasteiger partial charge in [-0.05, 0) is 70.1 Å². The van der Waals surface area contributed by atoms with E-state index in [1.54, 1.807) is 24.5 Å². The van der Waals surface area contributed by atoms with Gasteiger partial charge < -0.3 is 15.4 Å². The van der Waals surface area contributed by atoms with Crippen molar-refractivity contribution < 1.29 is 27.5 Å². The van der Waals surface area contributed by atoms with E-state index in [2.05, 4.69) is 11.9 Å². The van der Waals surface area contributed by atoms with E-state index in [0.29, 0.717) is 24.3 Å². The average Bonchev–Trinajstić information content (AvgIpc) is 3.71. The van der Waals surface area contributed by atoms with E-state index in [1.165, 1.54) is 19.1 Å². The zero-order valence-corrected chi connectivity index (χ0v) is 21.8. The van der Waals surface area contributed by atoms with Gasteiger partial charge in [0.05, 0.1) is 12.5 Å². The first-order valence-electron chi connectivity index (χ1n) is 12.6. The number of halogens is 3. The van der Waals surface area contributed by atoms with Crippen LogP contribution in [0.4, 0.5) is 18.0 Å². The van der Waals surface area contributed by atoms with Crippen molar-refractivity contribution in [1.29, 1.82) is 0 Å². The molecular weight excluding hydrogens is 483 g/mol. The predicted octanol–water partition coefficient (Wildman–Crippen LogP) is 6.39. The monoisotopic (exact) mass is 521 g/mol. The van der Waals surface area contributed by atoms with Gasteiger partial charge in [0.15, 0.2) is 0 Å². The Kier molecular flexibility index (Phi) is 11.4. The fraction of sp³-hybridized carbons (Fsp3) is 0.536. The van der Waals surface area contributed by atoms with Gasteiger partial charge in [-0.25, -0.2) is 4.79 Å². The van der Waals surface area contributed by atoms with Crippen LogP contribution in [0.5, 0.6) is 0 Å². The number of nitrogens with two attached hydrogens (primary N) is 1. The van der Waals surface area contributed by atoms with E-state index in [0.717, 1.165) is 50.5 Å². The number of primary amides is 1. The second kappa shape index (κ2) is 14.0. The van der Waals surface area contributed by atoms with Gasteiger partial charge in [0.1, 0.15) is 0 Å². The topological polar surface area (TPSA) is 85.5 Å². The van der Waals surface area contributed by atoms with Crippen LogP contribution in [-0.4, -0.2) is 47.3 Å². The zero-order chi connectivity index (χ0) is 27.5. The van der Waals surface area contributed by atoms with Gasteiger partial charge >= 0.3 is 12.3 Å². The Morgan fingerprint density at radius 2 is 1.65 bits per heavy atom. The lowest BCUT2D eigenvalue weighted by atomic mass is 9.74. The van der Waals surface area contributed by atoms with Crippen LogP contribution in [-0.2, 0) is 9.53 Å².